The number of unbranched alkanes of at least 4 members (excludes halogenated alkanes) is 1. The van der Waals surface area contributed by atoms with Gasteiger partial charge in [0, 0.05) is 11.7 Å². The van der Waals surface area contributed by atoms with Crippen LogP contribution in [0.5, 0.6) is 0 Å². The first-order valence-electron chi connectivity index (χ1n) is 6.63. The normalized spacial score (nSPS) is 14.4. The molecule has 0 amide bonds. The van der Waals surface area contributed by atoms with Gasteiger partial charge >= 0.3 is 13.8 Å². The molecule has 20 heavy (non-hydrogen) atoms. The highest BCUT2D eigenvalue weighted by Crippen LogP contribution is 2.33. The van der Waals surface area contributed by atoms with Crippen LogP contribution in [-0.4, -0.2) is 51.4 Å². The molecular formula is C13H24O5PS+. The first-order valence-corrected chi connectivity index (χ1v) is 9.29. The molecule has 0 saturated heterocycles. The van der Waals surface area contributed by atoms with Crippen LogP contribution in [0.25, 0.3) is 0 Å². The van der Waals surface area contributed by atoms with Crippen LogP contribution in [0, 0.1) is 5.92 Å². The van der Waals surface area contributed by atoms with Gasteiger partial charge < -0.3 is 15.3 Å². The second kappa shape index (κ2) is 11.3. The van der Waals surface area contributed by atoms with E-state index in [-0.39, 0.29) is 24.3 Å². The van der Waals surface area contributed by atoms with Crippen LogP contribution in [0.4, 0.5) is 0 Å². The number of hydrogen-bond donors (Lipinski definition) is 3. The summed E-state index contributed by atoms with van der Waals surface area (Å²) in [4.78, 5) is 11.1. The van der Waals surface area contributed by atoms with Gasteiger partial charge in [0.2, 0.25) is 0 Å². The fourth-order valence-electron chi connectivity index (χ4n) is 1.44. The topological polar surface area (TPSA) is 94.8 Å². The Morgan fingerprint density at radius 3 is 2.50 bits per heavy atom. The van der Waals surface area contributed by atoms with E-state index < -0.39 is 19.6 Å². The first-order chi connectivity index (χ1) is 9.40. The number of thioether (sulfide) groups is 1. The molecule has 0 radical (unpaired) electrons. The molecule has 3 N–H and O–H groups in total. The summed E-state index contributed by atoms with van der Waals surface area (Å²) < 4.78 is 11.8. The van der Waals surface area contributed by atoms with Crippen molar-refractivity contribution in [3.8, 4) is 0 Å². The number of carbonyl (C=O) groups is 1. The molecule has 0 spiro atoms. The average molecular weight is 323 g/mol. The van der Waals surface area contributed by atoms with E-state index in [2.05, 4.69) is 0 Å². The van der Waals surface area contributed by atoms with E-state index in [1.807, 2.05) is 0 Å². The lowest BCUT2D eigenvalue weighted by Crippen LogP contribution is -2.13. The molecule has 0 aromatic rings. The lowest BCUT2D eigenvalue weighted by Gasteiger charge is -2.04. The average Bonchev–Trinajstić information content (AvgIpc) is 2.39. The summed E-state index contributed by atoms with van der Waals surface area (Å²) in [5.74, 6) is -0.657. The Balaban J connectivity index is 4.29. The van der Waals surface area contributed by atoms with Crippen molar-refractivity contribution >= 4 is 25.5 Å². The molecule has 7 heteroatoms. The Morgan fingerprint density at radius 2 is 2.00 bits per heavy atom. The van der Waals surface area contributed by atoms with Crippen molar-refractivity contribution in [1.82, 2.24) is 0 Å². The minimum absolute atomic E-state index is 0.0895. The van der Waals surface area contributed by atoms with Crippen LogP contribution in [0.3, 0.4) is 0 Å². The second-order valence-electron chi connectivity index (χ2n) is 4.75. The van der Waals surface area contributed by atoms with E-state index in [0.717, 1.165) is 12.2 Å². The number of aliphatic carboxylic acids is 1. The van der Waals surface area contributed by atoms with Gasteiger partial charge in [-0.1, -0.05) is 24.5 Å². The van der Waals surface area contributed by atoms with E-state index in [1.54, 1.807) is 31.7 Å². The van der Waals surface area contributed by atoms with Crippen molar-refractivity contribution in [1.29, 1.82) is 0 Å². The van der Waals surface area contributed by atoms with E-state index in [9.17, 15) is 14.5 Å². The summed E-state index contributed by atoms with van der Waals surface area (Å²) in [5.41, 5.74) is 0.109. The molecule has 0 aliphatic heterocycles. The lowest BCUT2D eigenvalue weighted by molar-refractivity contribution is -0.132. The fourth-order valence-corrected chi connectivity index (χ4v) is 3.60. The number of rotatable bonds is 11. The van der Waals surface area contributed by atoms with Crippen molar-refractivity contribution in [3.05, 3.63) is 11.6 Å². The summed E-state index contributed by atoms with van der Waals surface area (Å²) in [6.45, 7) is 3.65. The summed E-state index contributed by atoms with van der Waals surface area (Å²) >= 11 is 1.61. The molecule has 2 unspecified atom stereocenters. The van der Waals surface area contributed by atoms with Crippen LogP contribution >= 0.6 is 19.6 Å². The maximum Gasteiger partial charge on any atom is 0.375 e. The zero-order valence-corrected chi connectivity index (χ0v) is 13.7. The Kier molecular flexibility index (Phi) is 11.0. The van der Waals surface area contributed by atoms with Gasteiger partial charge in [-0.15, -0.1) is 0 Å². The SMILES string of the molecule is CC(C)C(O)[P+](=O)CC(=CCCCSCCO)C(=O)O. The Morgan fingerprint density at radius 1 is 1.35 bits per heavy atom. The first kappa shape index (κ1) is 19.6. The van der Waals surface area contributed by atoms with Crippen LogP contribution in [-0.2, 0) is 9.36 Å². The van der Waals surface area contributed by atoms with Crippen LogP contribution in [0.15, 0.2) is 11.6 Å². The molecule has 0 aromatic heterocycles. The molecular weight excluding hydrogens is 299 g/mol. The van der Waals surface area contributed by atoms with Crippen molar-refractivity contribution in [2.24, 2.45) is 5.92 Å². The summed E-state index contributed by atoms with van der Waals surface area (Å²) in [5, 5.41) is 27.3. The number of hydrogen-bond acceptors (Lipinski definition) is 5. The van der Waals surface area contributed by atoms with E-state index in [1.165, 1.54) is 0 Å². The highest BCUT2D eigenvalue weighted by molar-refractivity contribution is 7.99. The van der Waals surface area contributed by atoms with Crippen LogP contribution in [0.1, 0.15) is 26.7 Å². The quantitative estimate of drug-likeness (QED) is 0.307. The van der Waals surface area contributed by atoms with Gasteiger partial charge in [0.15, 0.2) is 6.16 Å². The molecule has 0 aliphatic carbocycles. The molecule has 0 aromatic carbocycles. The Bertz CT molecular complexity index is 344. The van der Waals surface area contributed by atoms with Gasteiger partial charge in [-0.2, -0.15) is 11.8 Å². The molecule has 0 bridgehead atoms. The van der Waals surface area contributed by atoms with Gasteiger partial charge in [0.25, 0.3) is 5.85 Å². The minimum Gasteiger partial charge on any atom is -0.478 e. The van der Waals surface area contributed by atoms with E-state index in [4.69, 9.17) is 10.2 Å². The summed E-state index contributed by atoms with van der Waals surface area (Å²) in [6, 6.07) is 0. The maximum atomic E-state index is 11.8. The number of allylic oxidation sites excluding steroid dienone is 1. The van der Waals surface area contributed by atoms with E-state index >= 15 is 0 Å². The molecule has 0 fully saturated rings. The van der Waals surface area contributed by atoms with Crippen molar-refractivity contribution in [2.45, 2.75) is 32.5 Å². The summed E-state index contributed by atoms with van der Waals surface area (Å²) in [6.07, 6.45) is 2.90. The van der Waals surface area contributed by atoms with Gasteiger partial charge in [-0.25, -0.2) is 4.79 Å². The third-order valence-corrected chi connectivity index (χ3v) is 5.50. The smallest absolute Gasteiger partial charge is 0.375 e. The summed E-state index contributed by atoms with van der Waals surface area (Å²) in [7, 11) is -1.97. The zero-order chi connectivity index (χ0) is 15.5. The molecule has 0 rings (SSSR count). The van der Waals surface area contributed by atoms with Crippen molar-refractivity contribution < 1.29 is 24.7 Å². The molecule has 2 atom stereocenters. The third kappa shape index (κ3) is 8.69. The molecule has 0 aliphatic rings. The third-order valence-electron chi connectivity index (χ3n) is 2.61. The van der Waals surface area contributed by atoms with Crippen molar-refractivity contribution in [2.75, 3.05) is 24.3 Å². The van der Waals surface area contributed by atoms with Gasteiger partial charge in [-0.3, -0.25) is 0 Å². The number of aliphatic hydroxyl groups is 2. The van der Waals surface area contributed by atoms with Gasteiger partial charge in [0.05, 0.1) is 12.2 Å². The van der Waals surface area contributed by atoms with E-state index in [0.29, 0.717) is 12.2 Å². The second-order valence-corrected chi connectivity index (χ2v) is 7.65. The predicted octanol–water partition coefficient (Wildman–Crippen LogP) is 2.30. The number of carboxylic acids is 1. The van der Waals surface area contributed by atoms with Crippen molar-refractivity contribution in [3.63, 3.8) is 0 Å². The highest BCUT2D eigenvalue weighted by atomic mass is 32.2. The monoisotopic (exact) mass is 323 g/mol. The standard InChI is InChI=1S/C13H23O5PS/c1-10(2)13(17)19(18)9-11(12(15)16)5-3-4-7-20-8-6-14/h5,10,13-14,17H,3-4,6-9H2,1-2H3/p+1. The van der Waals surface area contributed by atoms with Gasteiger partial charge in [-0.05, 0) is 18.6 Å². The zero-order valence-electron chi connectivity index (χ0n) is 12.0. The lowest BCUT2D eigenvalue weighted by atomic mass is 10.2. The van der Waals surface area contributed by atoms with Crippen LogP contribution in [0.2, 0.25) is 0 Å². The maximum absolute atomic E-state index is 11.8. The predicted molar refractivity (Wildman–Crippen MR) is 82.7 cm³/mol. The number of carboxylic acid groups (broad SMARTS) is 1. The number of aliphatic hydroxyl groups excluding tert-OH is 2. The minimum atomic E-state index is -1.97. The Hall–Kier alpha value is -0.420. The largest absolute Gasteiger partial charge is 0.478 e. The van der Waals surface area contributed by atoms with Gasteiger partial charge in [0.1, 0.15) is 0 Å². The molecule has 5 nitrogen and oxygen atoms in total. The fraction of sp³-hybridized carbons (Fsp3) is 0.769. The molecule has 116 valence electrons. The Labute approximate surface area is 125 Å². The highest BCUT2D eigenvalue weighted by Gasteiger charge is 2.33. The molecule has 0 heterocycles. The molecule has 0 saturated carbocycles. The van der Waals surface area contributed by atoms with Crippen LogP contribution < -0.4 is 0 Å².